The van der Waals surface area contributed by atoms with E-state index in [9.17, 15) is 19.8 Å². The number of nitrogens with one attached hydrogen (secondary N) is 1. The zero-order valence-electron chi connectivity index (χ0n) is 21.9. The molecule has 204 valence electrons. The van der Waals surface area contributed by atoms with Gasteiger partial charge in [-0.05, 0) is 96.9 Å². The molecule has 0 aliphatic carbocycles. The van der Waals surface area contributed by atoms with Gasteiger partial charge in [-0.2, -0.15) is 0 Å². The monoisotopic (exact) mass is 546 g/mol. The second kappa shape index (κ2) is 9.25. The van der Waals surface area contributed by atoms with E-state index in [-0.39, 0.29) is 17.4 Å². The molecular weight excluding hydrogens is 520 g/mol. The van der Waals surface area contributed by atoms with Gasteiger partial charge in [0.1, 0.15) is 23.0 Å². The van der Waals surface area contributed by atoms with Gasteiger partial charge in [0.15, 0.2) is 5.60 Å². The van der Waals surface area contributed by atoms with Gasteiger partial charge in [-0.25, -0.2) is 4.79 Å². The van der Waals surface area contributed by atoms with Crippen LogP contribution in [-0.2, 0) is 10.3 Å². The van der Waals surface area contributed by atoms with E-state index in [2.05, 4.69) is 5.32 Å². The zero-order valence-corrected chi connectivity index (χ0v) is 21.9. The van der Waals surface area contributed by atoms with Crippen molar-refractivity contribution in [2.45, 2.75) is 18.4 Å². The van der Waals surface area contributed by atoms with E-state index in [0.717, 1.165) is 34.4 Å². The first-order chi connectivity index (χ1) is 19.9. The smallest absolute Gasteiger partial charge is 0.340 e. The summed E-state index contributed by atoms with van der Waals surface area (Å²) >= 11 is 0. The molecule has 5 aromatic carbocycles. The minimum atomic E-state index is -1.40. The molecule has 0 saturated heterocycles. The minimum absolute atomic E-state index is 0.115. The van der Waals surface area contributed by atoms with Crippen LogP contribution in [0, 0.1) is 0 Å². The number of esters is 1. The van der Waals surface area contributed by atoms with Crippen LogP contribution >= 0.6 is 0 Å². The summed E-state index contributed by atoms with van der Waals surface area (Å²) in [6.07, 6.45) is 1.57. The molecule has 0 bridgehead atoms. The van der Waals surface area contributed by atoms with Gasteiger partial charge in [-0.15, -0.1) is 0 Å². The number of carbonyl (C=O) groups is 2. The molecule has 5 N–H and O–H groups in total. The number of phenolic OH excluding ortho intramolecular Hbond substituents is 2. The fourth-order valence-electron chi connectivity index (χ4n) is 5.98. The van der Waals surface area contributed by atoms with Crippen LogP contribution in [-0.4, -0.2) is 35.2 Å². The van der Waals surface area contributed by atoms with Crippen LogP contribution in [0.1, 0.15) is 50.2 Å². The molecule has 2 heterocycles. The second-order valence-electron chi connectivity index (χ2n) is 10.4. The van der Waals surface area contributed by atoms with E-state index in [1.54, 1.807) is 54.6 Å². The Balaban J connectivity index is 1.49. The maximum Gasteiger partial charge on any atom is 0.340 e. The van der Waals surface area contributed by atoms with Crippen LogP contribution in [0.2, 0.25) is 0 Å². The van der Waals surface area contributed by atoms with Crippen molar-refractivity contribution in [2.75, 3.05) is 13.1 Å². The number of rotatable bonds is 5. The third-order valence-electron chi connectivity index (χ3n) is 7.91. The summed E-state index contributed by atoms with van der Waals surface area (Å²) in [5.74, 6) is 0.425. The van der Waals surface area contributed by atoms with Gasteiger partial charge in [0, 0.05) is 39.6 Å². The maximum atomic E-state index is 13.5. The standard InChI is InChI=1S/C33H26N2O6/c34-13-1-2-14-35-31(38)20-3-8-25-28(17-20)33(41-32(25)39)26-11-4-18-15-21(36)6-9-23(18)29(26)40-30-24-10-7-22(37)16-19(24)5-12-27(30)33/h3-12,15-17,36-37H,1-2,13-14,34H2,(H,35,38). The normalized spacial score (nSPS) is 14.3. The van der Waals surface area contributed by atoms with Gasteiger partial charge in [-0.3, -0.25) is 4.79 Å². The van der Waals surface area contributed by atoms with Gasteiger partial charge >= 0.3 is 5.97 Å². The Kier molecular flexibility index (Phi) is 5.62. The van der Waals surface area contributed by atoms with Crippen LogP contribution in [0.5, 0.6) is 23.0 Å². The minimum Gasteiger partial charge on any atom is -0.508 e. The predicted molar refractivity (Wildman–Crippen MR) is 154 cm³/mol. The van der Waals surface area contributed by atoms with Crippen LogP contribution in [0.25, 0.3) is 21.5 Å². The van der Waals surface area contributed by atoms with Crippen molar-refractivity contribution < 1.29 is 29.3 Å². The number of benzene rings is 5. The highest BCUT2D eigenvalue weighted by Crippen LogP contribution is 2.59. The lowest BCUT2D eigenvalue weighted by atomic mass is 9.76. The quantitative estimate of drug-likeness (QED) is 0.171. The molecule has 1 amide bonds. The van der Waals surface area contributed by atoms with Gasteiger partial charge in [-0.1, -0.05) is 12.1 Å². The molecule has 8 nitrogen and oxygen atoms in total. The highest BCUT2D eigenvalue weighted by molar-refractivity contribution is 6.03. The summed E-state index contributed by atoms with van der Waals surface area (Å²) in [5, 5.41) is 26.1. The zero-order chi connectivity index (χ0) is 28.3. The molecule has 41 heavy (non-hydrogen) atoms. The van der Waals surface area contributed by atoms with Crippen molar-refractivity contribution in [3.05, 3.63) is 107 Å². The molecule has 8 heteroatoms. The van der Waals surface area contributed by atoms with Gasteiger partial charge in [0.05, 0.1) is 5.56 Å². The summed E-state index contributed by atoms with van der Waals surface area (Å²) in [7, 11) is 0. The summed E-state index contributed by atoms with van der Waals surface area (Å²) in [4.78, 5) is 26.6. The summed E-state index contributed by atoms with van der Waals surface area (Å²) < 4.78 is 13.0. The van der Waals surface area contributed by atoms with E-state index < -0.39 is 11.6 Å². The van der Waals surface area contributed by atoms with Crippen molar-refractivity contribution in [3.63, 3.8) is 0 Å². The molecule has 2 aliphatic heterocycles. The Labute approximate surface area is 234 Å². The Hall–Kier alpha value is -5.08. The van der Waals surface area contributed by atoms with Crippen LogP contribution in [0.4, 0.5) is 0 Å². The maximum absolute atomic E-state index is 13.5. The number of fused-ring (bicyclic) bond motifs is 10. The van der Waals surface area contributed by atoms with Crippen LogP contribution in [0.15, 0.2) is 78.9 Å². The molecule has 2 aliphatic rings. The second-order valence-corrected chi connectivity index (χ2v) is 10.4. The van der Waals surface area contributed by atoms with Crippen molar-refractivity contribution in [3.8, 4) is 23.0 Å². The Morgan fingerprint density at radius 1 is 0.780 bits per heavy atom. The molecule has 1 spiro atoms. The van der Waals surface area contributed by atoms with Crippen molar-refractivity contribution >= 4 is 33.4 Å². The molecule has 0 fully saturated rings. The predicted octanol–water partition coefficient (Wildman–Crippen LogP) is 5.44. The molecule has 0 saturated carbocycles. The van der Waals surface area contributed by atoms with E-state index in [1.807, 2.05) is 24.3 Å². The van der Waals surface area contributed by atoms with E-state index in [0.29, 0.717) is 52.4 Å². The van der Waals surface area contributed by atoms with Crippen molar-refractivity contribution in [1.29, 1.82) is 0 Å². The number of phenols is 2. The third kappa shape index (κ3) is 3.72. The molecule has 0 radical (unpaired) electrons. The lowest BCUT2D eigenvalue weighted by molar-refractivity contribution is 0.0226. The number of nitrogens with two attached hydrogens (primary N) is 1. The van der Waals surface area contributed by atoms with E-state index >= 15 is 0 Å². The van der Waals surface area contributed by atoms with Crippen LogP contribution < -0.4 is 15.8 Å². The van der Waals surface area contributed by atoms with E-state index in [1.165, 1.54) is 0 Å². The average molecular weight is 547 g/mol. The number of ether oxygens (including phenoxy) is 2. The number of hydrogen-bond acceptors (Lipinski definition) is 7. The highest BCUT2D eigenvalue weighted by atomic mass is 16.6. The van der Waals surface area contributed by atoms with Crippen LogP contribution in [0.3, 0.4) is 0 Å². The summed E-state index contributed by atoms with van der Waals surface area (Å²) in [6.45, 7) is 1.05. The fourth-order valence-corrected chi connectivity index (χ4v) is 5.98. The number of amides is 1. The highest BCUT2D eigenvalue weighted by Gasteiger charge is 2.54. The SMILES string of the molecule is NCCCCNC(=O)c1ccc2c(c1)C1(OC2=O)c2ccc3cc(O)ccc3c2Oc2c1ccc1cc(O)ccc21. The number of unbranched alkanes of at least 4 members (excludes halogenated alkanes) is 1. The number of carbonyl (C=O) groups excluding carboxylic acids is 2. The summed E-state index contributed by atoms with van der Waals surface area (Å²) in [5.41, 5.74) is 6.70. The first kappa shape index (κ1) is 24.9. The first-order valence-corrected chi connectivity index (χ1v) is 13.5. The van der Waals surface area contributed by atoms with Gasteiger partial charge < -0.3 is 30.7 Å². The molecule has 7 rings (SSSR count). The van der Waals surface area contributed by atoms with Gasteiger partial charge in [0.25, 0.3) is 5.91 Å². The van der Waals surface area contributed by atoms with E-state index in [4.69, 9.17) is 15.2 Å². The Bertz CT molecular complexity index is 1820. The molecule has 0 atom stereocenters. The summed E-state index contributed by atoms with van der Waals surface area (Å²) in [6, 6.07) is 22.3. The molecule has 0 aromatic heterocycles. The third-order valence-corrected chi connectivity index (χ3v) is 7.91. The molecule has 5 aromatic rings. The topological polar surface area (TPSA) is 131 Å². The fraction of sp³-hybridized carbons (Fsp3) is 0.152. The number of hydrogen-bond donors (Lipinski definition) is 4. The first-order valence-electron chi connectivity index (χ1n) is 13.5. The Morgan fingerprint density at radius 2 is 1.41 bits per heavy atom. The van der Waals surface area contributed by atoms with Gasteiger partial charge in [0.2, 0.25) is 0 Å². The lowest BCUT2D eigenvalue weighted by Crippen LogP contribution is -2.33. The van der Waals surface area contributed by atoms with Crippen molar-refractivity contribution in [1.82, 2.24) is 5.32 Å². The lowest BCUT2D eigenvalue weighted by Gasteiger charge is -2.37. The van der Waals surface area contributed by atoms with Crippen molar-refractivity contribution in [2.24, 2.45) is 5.73 Å². The molecule has 0 unspecified atom stereocenters. The number of aromatic hydroxyl groups is 2. The largest absolute Gasteiger partial charge is 0.508 e. The molecular formula is C33H26N2O6. The average Bonchev–Trinajstić information content (AvgIpc) is 3.26. The Morgan fingerprint density at radius 3 is 2.02 bits per heavy atom.